The van der Waals surface area contributed by atoms with Gasteiger partial charge in [-0.05, 0) is 66.6 Å². The lowest BCUT2D eigenvalue weighted by molar-refractivity contribution is -0.130. The Kier molecular flexibility index (Phi) is 9.28. The molecule has 0 bridgehead atoms. The van der Waals surface area contributed by atoms with Crippen LogP contribution >= 0.6 is 0 Å². The molecule has 1 fully saturated rings. The van der Waals surface area contributed by atoms with Crippen molar-refractivity contribution in [3.63, 3.8) is 0 Å². The highest BCUT2D eigenvalue weighted by atomic mass is 16.5. The summed E-state index contributed by atoms with van der Waals surface area (Å²) >= 11 is 0. The lowest BCUT2D eigenvalue weighted by Crippen LogP contribution is -2.46. The second-order valence-corrected chi connectivity index (χ2v) is 12.7. The molecule has 1 saturated heterocycles. The van der Waals surface area contributed by atoms with Crippen molar-refractivity contribution in [3.8, 4) is 5.75 Å². The van der Waals surface area contributed by atoms with Crippen LogP contribution in [0, 0.1) is 19.3 Å². The summed E-state index contributed by atoms with van der Waals surface area (Å²) in [7, 11) is 1.88. The minimum absolute atomic E-state index is 0.0188. The molecule has 0 spiro atoms. The molecular weight excluding hydrogens is 538 g/mol. The largest absolute Gasteiger partial charge is 0.489 e. The maximum atomic E-state index is 14.0. The molecule has 2 aliphatic rings. The molecule has 0 radical (unpaired) electrons. The van der Waals surface area contributed by atoms with Crippen LogP contribution < -0.4 is 21.1 Å². The van der Waals surface area contributed by atoms with Gasteiger partial charge in [0.2, 0.25) is 5.91 Å². The molecule has 1 amide bonds. The van der Waals surface area contributed by atoms with Crippen molar-refractivity contribution in [2.45, 2.75) is 78.6 Å². The Morgan fingerprint density at radius 1 is 1.21 bits per heavy atom. The molecule has 2 aromatic carbocycles. The quantitative estimate of drug-likeness (QED) is 0.283. The van der Waals surface area contributed by atoms with E-state index in [1.165, 1.54) is 11.1 Å². The smallest absolute Gasteiger partial charge is 0.226 e. The molecule has 5 rings (SSSR count). The fraction of sp³-hybridized carbons (Fsp3) is 0.486. The zero-order valence-electron chi connectivity index (χ0n) is 26.5. The third-order valence-electron chi connectivity index (χ3n) is 9.27. The van der Waals surface area contributed by atoms with Crippen molar-refractivity contribution in [1.29, 1.82) is 0 Å². The number of nitrogen functional groups attached to an aromatic ring is 1. The summed E-state index contributed by atoms with van der Waals surface area (Å²) in [6.45, 7) is 14.1. The average Bonchev–Trinajstić information content (AvgIpc) is 3.43. The molecule has 3 atom stereocenters. The average molecular weight is 586 g/mol. The number of benzene rings is 2. The number of rotatable bonds is 9. The molecule has 43 heavy (non-hydrogen) atoms. The monoisotopic (exact) mass is 585 g/mol. The summed E-state index contributed by atoms with van der Waals surface area (Å²) in [5, 5.41) is 6.48. The SMILES string of the molecule is CC[C@@H]1CN(Cc2cc([C@@H](c3ccc(NC)c(N)c3C)C(C)(C)C(=O)NC3CCOC3)ccc2C)Cc2cnccc2O1. The molecule has 230 valence electrons. The first-order chi connectivity index (χ1) is 20.6. The Morgan fingerprint density at radius 2 is 2.02 bits per heavy atom. The number of aryl methyl sites for hydroxylation is 1. The molecule has 8 nitrogen and oxygen atoms in total. The zero-order valence-corrected chi connectivity index (χ0v) is 26.5. The van der Waals surface area contributed by atoms with E-state index < -0.39 is 5.41 Å². The third kappa shape index (κ3) is 6.50. The first-order valence-electron chi connectivity index (χ1n) is 15.5. The van der Waals surface area contributed by atoms with Crippen molar-refractivity contribution in [2.24, 2.45) is 5.41 Å². The van der Waals surface area contributed by atoms with Crippen molar-refractivity contribution < 1.29 is 14.3 Å². The predicted molar refractivity (Wildman–Crippen MR) is 172 cm³/mol. The van der Waals surface area contributed by atoms with Crippen molar-refractivity contribution in [3.05, 3.63) is 82.2 Å². The van der Waals surface area contributed by atoms with Gasteiger partial charge in [0, 0.05) is 57.2 Å². The van der Waals surface area contributed by atoms with Gasteiger partial charge in [-0.25, -0.2) is 0 Å². The second-order valence-electron chi connectivity index (χ2n) is 12.7. The van der Waals surface area contributed by atoms with Crippen molar-refractivity contribution >= 4 is 17.3 Å². The maximum Gasteiger partial charge on any atom is 0.226 e. The van der Waals surface area contributed by atoms with E-state index in [-0.39, 0.29) is 24.0 Å². The third-order valence-corrected chi connectivity index (χ3v) is 9.27. The van der Waals surface area contributed by atoms with Crippen LogP contribution in [-0.4, -0.2) is 54.7 Å². The van der Waals surface area contributed by atoms with E-state index >= 15 is 0 Å². The molecule has 1 unspecified atom stereocenters. The summed E-state index contributed by atoms with van der Waals surface area (Å²) in [5.41, 5.74) is 14.2. The molecule has 0 saturated carbocycles. The lowest BCUT2D eigenvalue weighted by atomic mass is 9.69. The van der Waals surface area contributed by atoms with E-state index in [9.17, 15) is 4.79 Å². The van der Waals surface area contributed by atoms with E-state index in [1.807, 2.05) is 39.2 Å². The summed E-state index contributed by atoms with van der Waals surface area (Å²) in [6, 6.07) is 12.8. The van der Waals surface area contributed by atoms with Gasteiger partial charge in [-0.1, -0.05) is 45.0 Å². The van der Waals surface area contributed by atoms with Gasteiger partial charge in [-0.2, -0.15) is 0 Å². The number of carbonyl (C=O) groups excluding carboxylic acids is 1. The number of hydrogen-bond acceptors (Lipinski definition) is 7. The normalized spacial score (nSPS) is 19.7. The van der Waals surface area contributed by atoms with Gasteiger partial charge in [0.25, 0.3) is 0 Å². The van der Waals surface area contributed by atoms with E-state index in [0.29, 0.717) is 18.9 Å². The first kappa shape index (κ1) is 30.8. The van der Waals surface area contributed by atoms with Crippen LogP contribution in [-0.2, 0) is 22.6 Å². The molecule has 0 aliphatic carbocycles. The second kappa shape index (κ2) is 12.9. The van der Waals surface area contributed by atoms with Crippen LogP contribution in [0.15, 0.2) is 48.8 Å². The first-order valence-corrected chi connectivity index (χ1v) is 15.5. The minimum atomic E-state index is -0.762. The van der Waals surface area contributed by atoms with Crippen molar-refractivity contribution in [2.75, 3.05) is 37.9 Å². The molecule has 4 N–H and O–H groups in total. The highest BCUT2D eigenvalue weighted by Crippen LogP contribution is 2.45. The van der Waals surface area contributed by atoms with Crippen molar-refractivity contribution in [1.82, 2.24) is 15.2 Å². The van der Waals surface area contributed by atoms with E-state index in [0.717, 1.165) is 66.2 Å². The highest BCUT2D eigenvalue weighted by Gasteiger charge is 2.41. The van der Waals surface area contributed by atoms with Crippen LogP contribution in [0.25, 0.3) is 0 Å². The number of nitrogens with zero attached hydrogens (tertiary/aromatic N) is 2. The minimum Gasteiger partial charge on any atom is -0.489 e. The topological polar surface area (TPSA) is 102 Å². The van der Waals surface area contributed by atoms with Gasteiger partial charge < -0.3 is 25.8 Å². The van der Waals surface area contributed by atoms with E-state index in [4.69, 9.17) is 15.2 Å². The van der Waals surface area contributed by atoms with Gasteiger partial charge in [0.05, 0.1) is 29.4 Å². The van der Waals surface area contributed by atoms with Crippen LogP contribution in [0.1, 0.15) is 72.9 Å². The summed E-state index contributed by atoms with van der Waals surface area (Å²) in [5.74, 6) is 0.724. The molecule has 3 heterocycles. The number of fused-ring (bicyclic) bond motifs is 1. The standard InChI is InChI=1S/C35H47N5O3/c1-7-28-20-40(19-26-17-38-14-12-31(26)43-28)18-25-16-24(9-8-22(25)2)32(29-10-11-30(37-6)33(36)23(29)3)35(4,5)34(41)39-27-13-15-42-21-27/h8-12,14,16-17,27-28,32,37H,7,13,15,18-21,36H2,1-6H3,(H,39,41)/t27?,28-,32+/m1/s1. The molecule has 8 heteroatoms. The van der Waals surface area contributed by atoms with Crippen LogP contribution in [0.2, 0.25) is 0 Å². The number of nitrogens with one attached hydrogen (secondary N) is 2. The van der Waals surface area contributed by atoms with Crippen LogP contribution in [0.4, 0.5) is 11.4 Å². The number of pyridine rings is 1. The molecule has 3 aromatic rings. The Balaban J connectivity index is 1.53. The molecule has 1 aromatic heterocycles. The van der Waals surface area contributed by atoms with Crippen LogP contribution in [0.3, 0.4) is 0 Å². The van der Waals surface area contributed by atoms with Gasteiger partial charge >= 0.3 is 0 Å². The fourth-order valence-electron chi connectivity index (χ4n) is 6.49. The Labute approximate surface area is 256 Å². The van der Waals surface area contributed by atoms with Gasteiger partial charge in [-0.15, -0.1) is 0 Å². The zero-order chi connectivity index (χ0) is 30.7. The summed E-state index contributed by atoms with van der Waals surface area (Å²) in [6.07, 6.45) is 5.58. The molecular formula is C35H47N5O3. The van der Waals surface area contributed by atoms with Gasteiger partial charge in [0.15, 0.2) is 0 Å². The lowest BCUT2D eigenvalue weighted by Gasteiger charge is -2.36. The number of ether oxygens (including phenoxy) is 2. The number of carbonyl (C=O) groups is 1. The highest BCUT2D eigenvalue weighted by molar-refractivity contribution is 5.85. The number of nitrogens with two attached hydrogens (primary N) is 1. The maximum absolute atomic E-state index is 14.0. The predicted octanol–water partition coefficient (Wildman–Crippen LogP) is 5.56. The summed E-state index contributed by atoms with van der Waals surface area (Å²) in [4.78, 5) is 20.8. The Bertz CT molecular complexity index is 1450. The molecule has 2 aliphatic heterocycles. The van der Waals surface area contributed by atoms with Gasteiger partial charge in [0.1, 0.15) is 11.9 Å². The fourth-order valence-corrected chi connectivity index (χ4v) is 6.49. The number of amides is 1. The summed E-state index contributed by atoms with van der Waals surface area (Å²) < 4.78 is 11.9. The van der Waals surface area contributed by atoms with Gasteiger partial charge in [-0.3, -0.25) is 14.7 Å². The van der Waals surface area contributed by atoms with E-state index in [2.05, 4.69) is 65.6 Å². The number of anilines is 2. The Hall–Kier alpha value is -3.62. The van der Waals surface area contributed by atoms with Crippen LogP contribution in [0.5, 0.6) is 5.75 Å². The Morgan fingerprint density at radius 3 is 2.74 bits per heavy atom. The number of hydrogen-bond donors (Lipinski definition) is 3. The van der Waals surface area contributed by atoms with E-state index in [1.54, 1.807) is 6.20 Å². The number of aromatic nitrogens is 1.